The molecule has 1 saturated carbocycles. The third-order valence-electron chi connectivity index (χ3n) is 7.44. The second-order valence-electron chi connectivity index (χ2n) is 9.43. The monoisotopic (exact) mass is 418 g/mol. The van der Waals surface area contributed by atoms with E-state index in [0.717, 1.165) is 36.1 Å². The topological polar surface area (TPSA) is 32.8 Å². The average Bonchev–Trinajstić information content (AvgIpc) is 3.62. The Labute approximate surface area is 186 Å². The zero-order chi connectivity index (χ0) is 21.4. The first-order valence-electron chi connectivity index (χ1n) is 12.1. The lowest BCUT2D eigenvalue weighted by atomic mass is 9.74. The summed E-state index contributed by atoms with van der Waals surface area (Å²) >= 11 is 0. The van der Waals surface area contributed by atoms with Crippen LogP contribution in [0.1, 0.15) is 66.9 Å². The van der Waals surface area contributed by atoms with Crippen molar-refractivity contribution >= 4 is 5.91 Å². The SMILES string of the molecule is CCN(CC)C(=O)c1ccc2c(c1)Oc1ccccc1C2C1CCN(CC2CC2)CC1. The number of rotatable bonds is 6. The van der Waals surface area contributed by atoms with Crippen LogP contribution in [-0.2, 0) is 0 Å². The number of hydrogen-bond donors (Lipinski definition) is 0. The van der Waals surface area contributed by atoms with Gasteiger partial charge in [-0.15, -0.1) is 0 Å². The highest BCUT2D eigenvalue weighted by atomic mass is 16.5. The molecule has 1 aliphatic carbocycles. The molecular formula is C27H34N2O2. The van der Waals surface area contributed by atoms with Gasteiger partial charge < -0.3 is 14.5 Å². The quantitative estimate of drug-likeness (QED) is 0.618. The van der Waals surface area contributed by atoms with Crippen LogP contribution in [0, 0.1) is 11.8 Å². The highest BCUT2D eigenvalue weighted by Crippen LogP contribution is 2.50. The van der Waals surface area contributed by atoms with E-state index >= 15 is 0 Å². The highest BCUT2D eigenvalue weighted by molar-refractivity contribution is 5.94. The van der Waals surface area contributed by atoms with Gasteiger partial charge in [-0.3, -0.25) is 4.79 Å². The maximum Gasteiger partial charge on any atom is 0.253 e. The van der Waals surface area contributed by atoms with E-state index in [1.807, 2.05) is 36.9 Å². The van der Waals surface area contributed by atoms with Gasteiger partial charge in [-0.05, 0) is 82.7 Å². The number of fused-ring (bicyclic) bond motifs is 2. The van der Waals surface area contributed by atoms with Gasteiger partial charge in [0.25, 0.3) is 5.91 Å². The van der Waals surface area contributed by atoms with Gasteiger partial charge >= 0.3 is 0 Å². The largest absolute Gasteiger partial charge is 0.457 e. The van der Waals surface area contributed by atoms with Crippen LogP contribution >= 0.6 is 0 Å². The molecular weight excluding hydrogens is 384 g/mol. The van der Waals surface area contributed by atoms with Crippen molar-refractivity contribution in [2.75, 3.05) is 32.7 Å². The van der Waals surface area contributed by atoms with E-state index in [9.17, 15) is 4.79 Å². The third-order valence-corrected chi connectivity index (χ3v) is 7.44. The number of likely N-dealkylation sites (tertiary alicyclic amines) is 1. The van der Waals surface area contributed by atoms with E-state index < -0.39 is 0 Å². The summed E-state index contributed by atoms with van der Waals surface area (Å²) in [5, 5.41) is 0. The van der Waals surface area contributed by atoms with Crippen molar-refractivity contribution in [3.8, 4) is 11.5 Å². The summed E-state index contributed by atoms with van der Waals surface area (Å²) in [5.74, 6) is 3.82. The first kappa shape index (κ1) is 20.6. The molecule has 2 heterocycles. The van der Waals surface area contributed by atoms with E-state index in [1.165, 1.54) is 56.4 Å². The fourth-order valence-electron chi connectivity index (χ4n) is 5.46. The number of benzene rings is 2. The second-order valence-corrected chi connectivity index (χ2v) is 9.43. The number of nitrogens with zero attached hydrogens (tertiary/aromatic N) is 2. The van der Waals surface area contributed by atoms with Crippen LogP contribution in [0.15, 0.2) is 42.5 Å². The van der Waals surface area contributed by atoms with Crippen molar-refractivity contribution < 1.29 is 9.53 Å². The van der Waals surface area contributed by atoms with Gasteiger partial charge in [0.05, 0.1) is 0 Å². The van der Waals surface area contributed by atoms with Crippen LogP contribution in [0.4, 0.5) is 0 Å². The van der Waals surface area contributed by atoms with Crippen LogP contribution in [-0.4, -0.2) is 48.4 Å². The molecule has 5 rings (SSSR count). The normalized spacial score (nSPS) is 21.2. The minimum Gasteiger partial charge on any atom is -0.457 e. The lowest BCUT2D eigenvalue weighted by Gasteiger charge is -2.39. The molecule has 1 unspecified atom stereocenters. The molecule has 2 aromatic carbocycles. The van der Waals surface area contributed by atoms with E-state index in [0.29, 0.717) is 11.8 Å². The average molecular weight is 419 g/mol. The molecule has 2 fully saturated rings. The maximum absolute atomic E-state index is 12.9. The highest BCUT2D eigenvalue weighted by Gasteiger charge is 2.36. The lowest BCUT2D eigenvalue weighted by Crippen LogP contribution is -2.37. The van der Waals surface area contributed by atoms with Gasteiger partial charge in [0.15, 0.2) is 0 Å². The summed E-state index contributed by atoms with van der Waals surface area (Å²) in [6.07, 6.45) is 5.31. The molecule has 4 nitrogen and oxygen atoms in total. The predicted octanol–water partition coefficient (Wildman–Crippen LogP) is 5.53. The van der Waals surface area contributed by atoms with Crippen molar-refractivity contribution in [2.24, 2.45) is 11.8 Å². The maximum atomic E-state index is 12.9. The fraction of sp³-hybridized carbons (Fsp3) is 0.519. The van der Waals surface area contributed by atoms with Gasteiger partial charge in [0, 0.05) is 42.2 Å². The standard InChI is InChI=1S/C27H34N2O2/c1-3-29(4-2)27(30)21-11-12-23-25(17-21)31-24-8-6-5-7-22(24)26(23)20-13-15-28(16-14-20)18-19-9-10-19/h5-8,11-12,17,19-20,26H,3-4,9-10,13-16,18H2,1-2H3. The summed E-state index contributed by atoms with van der Waals surface area (Å²) in [4.78, 5) is 17.5. The lowest BCUT2D eigenvalue weighted by molar-refractivity contribution is 0.0772. The van der Waals surface area contributed by atoms with Crippen LogP contribution in [0.5, 0.6) is 11.5 Å². The Kier molecular flexibility index (Phi) is 5.75. The number of ether oxygens (including phenoxy) is 1. The minimum absolute atomic E-state index is 0.0835. The van der Waals surface area contributed by atoms with E-state index in [2.05, 4.69) is 29.2 Å². The molecule has 0 N–H and O–H groups in total. The third kappa shape index (κ3) is 4.10. The minimum atomic E-state index is 0.0835. The number of amides is 1. The van der Waals surface area contributed by atoms with Crippen LogP contribution < -0.4 is 4.74 Å². The van der Waals surface area contributed by atoms with E-state index in [1.54, 1.807) is 0 Å². The van der Waals surface area contributed by atoms with Gasteiger partial charge in [-0.1, -0.05) is 24.3 Å². The molecule has 0 radical (unpaired) electrons. The van der Waals surface area contributed by atoms with Gasteiger partial charge in [0.1, 0.15) is 11.5 Å². The Morgan fingerprint density at radius 3 is 2.39 bits per heavy atom. The fourth-order valence-corrected chi connectivity index (χ4v) is 5.46. The van der Waals surface area contributed by atoms with Gasteiger partial charge in [0.2, 0.25) is 0 Å². The van der Waals surface area contributed by atoms with Crippen LogP contribution in [0.2, 0.25) is 0 Å². The Hall–Kier alpha value is -2.33. The number of piperidine rings is 1. The first-order valence-corrected chi connectivity index (χ1v) is 12.1. The molecule has 2 aromatic rings. The molecule has 0 bridgehead atoms. The van der Waals surface area contributed by atoms with Crippen molar-refractivity contribution in [1.29, 1.82) is 0 Å². The molecule has 31 heavy (non-hydrogen) atoms. The zero-order valence-corrected chi connectivity index (χ0v) is 18.8. The molecule has 1 saturated heterocycles. The summed E-state index contributed by atoms with van der Waals surface area (Å²) < 4.78 is 6.34. The molecule has 1 amide bonds. The van der Waals surface area contributed by atoms with Crippen molar-refractivity contribution in [2.45, 2.75) is 45.4 Å². The number of para-hydroxylation sites is 1. The molecule has 3 aliphatic rings. The Balaban J connectivity index is 1.43. The Morgan fingerprint density at radius 2 is 1.68 bits per heavy atom. The molecule has 0 aromatic heterocycles. The van der Waals surface area contributed by atoms with Gasteiger partial charge in [-0.2, -0.15) is 0 Å². The number of carbonyl (C=O) groups is 1. The van der Waals surface area contributed by atoms with Crippen molar-refractivity contribution in [3.05, 3.63) is 59.2 Å². The number of hydrogen-bond acceptors (Lipinski definition) is 3. The molecule has 0 spiro atoms. The smallest absolute Gasteiger partial charge is 0.253 e. The first-order chi connectivity index (χ1) is 15.2. The van der Waals surface area contributed by atoms with Gasteiger partial charge in [-0.25, -0.2) is 0 Å². The molecule has 4 heteroatoms. The van der Waals surface area contributed by atoms with Crippen molar-refractivity contribution in [3.63, 3.8) is 0 Å². The Morgan fingerprint density at radius 1 is 0.968 bits per heavy atom. The van der Waals surface area contributed by atoms with Crippen molar-refractivity contribution in [1.82, 2.24) is 9.80 Å². The molecule has 1 atom stereocenters. The van der Waals surface area contributed by atoms with Crippen LogP contribution in [0.25, 0.3) is 0 Å². The second kappa shape index (κ2) is 8.66. The van der Waals surface area contributed by atoms with E-state index in [4.69, 9.17) is 4.74 Å². The predicted molar refractivity (Wildman–Crippen MR) is 124 cm³/mol. The summed E-state index contributed by atoms with van der Waals surface area (Å²) in [5.41, 5.74) is 3.27. The summed E-state index contributed by atoms with van der Waals surface area (Å²) in [7, 11) is 0. The summed E-state index contributed by atoms with van der Waals surface area (Å²) in [6.45, 7) is 9.19. The zero-order valence-electron chi connectivity index (χ0n) is 18.8. The van der Waals surface area contributed by atoms with Crippen LogP contribution in [0.3, 0.4) is 0 Å². The number of carbonyl (C=O) groups excluding carboxylic acids is 1. The molecule has 164 valence electrons. The summed E-state index contributed by atoms with van der Waals surface area (Å²) in [6, 6.07) is 14.6. The van der Waals surface area contributed by atoms with E-state index in [-0.39, 0.29) is 5.91 Å². The molecule has 2 aliphatic heterocycles. The Bertz CT molecular complexity index is 940.